The Kier molecular flexibility index (Phi) is 3.24. The third-order valence-electron chi connectivity index (χ3n) is 3.26. The average Bonchev–Trinajstić information content (AvgIpc) is 2.00. The Bertz CT molecular complexity index is 277. The Hall–Kier alpha value is -0.830. The van der Waals surface area contributed by atoms with Crippen LogP contribution < -0.4 is 0 Å². The number of aliphatic carboxylic acids is 1. The molecule has 0 unspecified atom stereocenters. The summed E-state index contributed by atoms with van der Waals surface area (Å²) in [5.41, 5.74) is -0.950. The molecule has 0 spiro atoms. The Morgan fingerprint density at radius 3 is 2.60 bits per heavy atom. The van der Waals surface area contributed by atoms with Crippen LogP contribution in [0.4, 0.5) is 0 Å². The van der Waals surface area contributed by atoms with E-state index in [0.717, 1.165) is 6.42 Å². The molecule has 0 heterocycles. The van der Waals surface area contributed by atoms with E-state index in [-0.39, 0.29) is 17.8 Å². The van der Waals surface area contributed by atoms with E-state index >= 15 is 0 Å². The summed E-state index contributed by atoms with van der Waals surface area (Å²) in [7, 11) is 0. The van der Waals surface area contributed by atoms with Gasteiger partial charge >= 0.3 is 5.97 Å². The monoisotopic (exact) mass is 212 g/mol. The number of carboxylic acid groups (broad SMARTS) is 1. The quantitative estimate of drug-likeness (QED) is 0.705. The SMILES string of the molecule is CC(C)(CC(=O)O)[C@@H]1C=C[C@](C)(O)CC1. The number of allylic oxidation sites excluding steroid dienone is 1. The van der Waals surface area contributed by atoms with Crippen molar-refractivity contribution in [1.29, 1.82) is 0 Å². The number of hydrogen-bond acceptors (Lipinski definition) is 2. The van der Waals surface area contributed by atoms with Crippen molar-refractivity contribution in [2.24, 2.45) is 11.3 Å². The topological polar surface area (TPSA) is 57.5 Å². The molecule has 1 rings (SSSR count). The first-order chi connectivity index (χ1) is 6.73. The second-order valence-corrected chi connectivity index (χ2v) is 5.42. The van der Waals surface area contributed by atoms with Gasteiger partial charge in [0.1, 0.15) is 0 Å². The molecule has 0 aliphatic heterocycles. The molecule has 2 N–H and O–H groups in total. The first-order valence-electron chi connectivity index (χ1n) is 5.36. The van der Waals surface area contributed by atoms with Gasteiger partial charge in [0.2, 0.25) is 0 Å². The van der Waals surface area contributed by atoms with E-state index in [1.54, 1.807) is 13.0 Å². The van der Waals surface area contributed by atoms with Crippen molar-refractivity contribution in [1.82, 2.24) is 0 Å². The van der Waals surface area contributed by atoms with Crippen molar-refractivity contribution >= 4 is 5.97 Å². The summed E-state index contributed by atoms with van der Waals surface area (Å²) in [5.74, 6) is -0.514. The molecule has 1 aliphatic carbocycles. The molecule has 3 heteroatoms. The van der Waals surface area contributed by atoms with E-state index in [9.17, 15) is 9.90 Å². The van der Waals surface area contributed by atoms with Crippen LogP contribution in [0.1, 0.15) is 40.0 Å². The predicted molar refractivity (Wildman–Crippen MR) is 58.5 cm³/mol. The zero-order chi connectivity index (χ0) is 11.7. The maximum absolute atomic E-state index is 10.7. The fourth-order valence-corrected chi connectivity index (χ4v) is 2.12. The van der Waals surface area contributed by atoms with Crippen molar-refractivity contribution in [3.63, 3.8) is 0 Å². The molecular formula is C12H20O3. The number of aliphatic hydroxyl groups is 1. The van der Waals surface area contributed by atoms with E-state index < -0.39 is 11.6 Å². The van der Waals surface area contributed by atoms with Gasteiger partial charge in [0, 0.05) is 0 Å². The number of carboxylic acids is 1. The third-order valence-corrected chi connectivity index (χ3v) is 3.26. The van der Waals surface area contributed by atoms with Crippen LogP contribution in [-0.2, 0) is 4.79 Å². The highest BCUT2D eigenvalue weighted by Crippen LogP contribution is 2.39. The van der Waals surface area contributed by atoms with Crippen LogP contribution in [0.2, 0.25) is 0 Å². The summed E-state index contributed by atoms with van der Waals surface area (Å²) in [6, 6.07) is 0. The Labute approximate surface area is 90.8 Å². The lowest BCUT2D eigenvalue weighted by molar-refractivity contribution is -0.139. The second-order valence-electron chi connectivity index (χ2n) is 5.42. The smallest absolute Gasteiger partial charge is 0.303 e. The number of rotatable bonds is 3. The second kappa shape index (κ2) is 3.97. The van der Waals surface area contributed by atoms with Gasteiger partial charge < -0.3 is 10.2 Å². The van der Waals surface area contributed by atoms with E-state index in [2.05, 4.69) is 0 Å². The van der Waals surface area contributed by atoms with Crippen LogP contribution >= 0.6 is 0 Å². The van der Waals surface area contributed by atoms with Gasteiger partial charge in [-0.1, -0.05) is 26.0 Å². The van der Waals surface area contributed by atoms with Crippen molar-refractivity contribution in [2.75, 3.05) is 0 Å². The van der Waals surface area contributed by atoms with Crippen molar-refractivity contribution in [3.05, 3.63) is 12.2 Å². The molecule has 1 aliphatic rings. The predicted octanol–water partition coefficient (Wildman–Crippen LogP) is 2.20. The molecule has 15 heavy (non-hydrogen) atoms. The molecule has 0 bridgehead atoms. The van der Waals surface area contributed by atoms with Gasteiger partial charge in [0.15, 0.2) is 0 Å². The lowest BCUT2D eigenvalue weighted by atomic mass is 9.70. The maximum atomic E-state index is 10.7. The molecular weight excluding hydrogens is 192 g/mol. The fraction of sp³-hybridized carbons (Fsp3) is 0.750. The van der Waals surface area contributed by atoms with Crippen molar-refractivity contribution in [2.45, 2.75) is 45.6 Å². The van der Waals surface area contributed by atoms with Crippen LogP contribution in [-0.4, -0.2) is 21.8 Å². The minimum atomic E-state index is -0.759. The van der Waals surface area contributed by atoms with Crippen LogP contribution in [0, 0.1) is 11.3 Å². The van der Waals surface area contributed by atoms with Gasteiger partial charge in [-0.3, -0.25) is 4.79 Å². The summed E-state index contributed by atoms with van der Waals surface area (Å²) >= 11 is 0. The van der Waals surface area contributed by atoms with E-state index in [1.807, 2.05) is 19.9 Å². The van der Waals surface area contributed by atoms with E-state index in [0.29, 0.717) is 6.42 Å². The van der Waals surface area contributed by atoms with Crippen LogP contribution in [0.5, 0.6) is 0 Å². The van der Waals surface area contributed by atoms with Crippen LogP contribution in [0.3, 0.4) is 0 Å². The van der Waals surface area contributed by atoms with Crippen LogP contribution in [0.15, 0.2) is 12.2 Å². The molecule has 0 aromatic rings. The largest absolute Gasteiger partial charge is 0.481 e. The van der Waals surface area contributed by atoms with Crippen molar-refractivity contribution < 1.29 is 15.0 Å². The minimum absolute atomic E-state index is 0.171. The first-order valence-corrected chi connectivity index (χ1v) is 5.36. The Morgan fingerprint density at radius 1 is 1.60 bits per heavy atom. The summed E-state index contributed by atoms with van der Waals surface area (Å²) in [6.07, 6.45) is 5.49. The summed E-state index contributed by atoms with van der Waals surface area (Å²) in [4.78, 5) is 10.7. The summed E-state index contributed by atoms with van der Waals surface area (Å²) < 4.78 is 0. The normalized spacial score (nSPS) is 31.6. The van der Waals surface area contributed by atoms with E-state index in [4.69, 9.17) is 5.11 Å². The molecule has 86 valence electrons. The lowest BCUT2D eigenvalue weighted by Gasteiger charge is -2.36. The van der Waals surface area contributed by atoms with Crippen LogP contribution in [0.25, 0.3) is 0 Å². The van der Waals surface area contributed by atoms with Gasteiger partial charge in [-0.15, -0.1) is 0 Å². The van der Waals surface area contributed by atoms with Crippen molar-refractivity contribution in [3.8, 4) is 0 Å². The Morgan fingerprint density at radius 2 is 2.20 bits per heavy atom. The highest BCUT2D eigenvalue weighted by molar-refractivity contribution is 5.67. The first kappa shape index (κ1) is 12.2. The number of hydrogen-bond donors (Lipinski definition) is 2. The molecule has 0 fully saturated rings. The highest BCUT2D eigenvalue weighted by Gasteiger charge is 2.34. The molecule has 0 aromatic heterocycles. The fourth-order valence-electron chi connectivity index (χ4n) is 2.12. The van der Waals surface area contributed by atoms with Gasteiger partial charge in [-0.2, -0.15) is 0 Å². The third kappa shape index (κ3) is 3.34. The molecule has 0 saturated carbocycles. The molecule has 0 saturated heterocycles. The zero-order valence-corrected chi connectivity index (χ0v) is 9.66. The van der Waals surface area contributed by atoms with Gasteiger partial charge in [-0.25, -0.2) is 0 Å². The molecule has 0 amide bonds. The summed E-state index contributed by atoms with van der Waals surface area (Å²) in [6.45, 7) is 5.72. The standard InChI is InChI=1S/C12H20O3/c1-11(2,8-10(13)14)9-4-6-12(3,15)7-5-9/h4,6,9,15H,5,7-8H2,1-3H3,(H,13,14)/t9-,12+/m1/s1. The van der Waals surface area contributed by atoms with E-state index in [1.165, 1.54) is 0 Å². The minimum Gasteiger partial charge on any atom is -0.481 e. The van der Waals surface area contributed by atoms with Gasteiger partial charge in [0.05, 0.1) is 12.0 Å². The number of carbonyl (C=O) groups is 1. The molecule has 3 nitrogen and oxygen atoms in total. The maximum Gasteiger partial charge on any atom is 0.303 e. The highest BCUT2D eigenvalue weighted by atomic mass is 16.4. The Balaban J connectivity index is 2.70. The molecule has 0 radical (unpaired) electrons. The van der Waals surface area contributed by atoms with Gasteiger partial charge in [0.25, 0.3) is 0 Å². The molecule has 0 aromatic carbocycles. The lowest BCUT2D eigenvalue weighted by Crippen LogP contribution is -2.33. The average molecular weight is 212 g/mol. The summed E-state index contributed by atoms with van der Waals surface area (Å²) in [5, 5.41) is 18.5. The molecule has 2 atom stereocenters. The van der Waals surface area contributed by atoms with Gasteiger partial charge in [-0.05, 0) is 31.1 Å². The zero-order valence-electron chi connectivity index (χ0n) is 9.66.